The fourth-order valence-electron chi connectivity index (χ4n) is 4.69. The van der Waals surface area contributed by atoms with Crippen LogP contribution in [-0.2, 0) is 14.3 Å². The van der Waals surface area contributed by atoms with E-state index in [1.807, 2.05) is 56.4 Å². The van der Waals surface area contributed by atoms with E-state index < -0.39 is 36.0 Å². The number of pyridine rings is 1. The van der Waals surface area contributed by atoms with Crippen LogP contribution >= 0.6 is 0 Å². The number of hydrogen-bond acceptors (Lipinski definition) is 8. The lowest BCUT2D eigenvalue weighted by Crippen LogP contribution is -2.50. The van der Waals surface area contributed by atoms with Gasteiger partial charge in [0.05, 0.1) is 12.5 Å². The quantitative estimate of drug-likeness (QED) is 0.294. The van der Waals surface area contributed by atoms with Crippen LogP contribution < -0.4 is 5.32 Å². The van der Waals surface area contributed by atoms with Gasteiger partial charge in [-0.2, -0.15) is 0 Å². The summed E-state index contributed by atoms with van der Waals surface area (Å²) in [5, 5.41) is 24.9. The fourth-order valence-corrected chi connectivity index (χ4v) is 4.69. The Kier molecular flexibility index (Phi) is 11.3. The van der Waals surface area contributed by atoms with E-state index in [4.69, 9.17) is 9.47 Å². The summed E-state index contributed by atoms with van der Waals surface area (Å²) in [5.74, 6) is -0.692. The van der Waals surface area contributed by atoms with Gasteiger partial charge >= 0.3 is 12.1 Å². The lowest BCUT2D eigenvalue weighted by molar-refractivity contribution is -0.151. The van der Waals surface area contributed by atoms with Gasteiger partial charge in [-0.15, -0.1) is 0 Å². The van der Waals surface area contributed by atoms with E-state index in [0.717, 1.165) is 11.3 Å². The number of amides is 1. The molecule has 0 aromatic carbocycles. The van der Waals surface area contributed by atoms with Crippen LogP contribution in [0.1, 0.15) is 58.6 Å². The zero-order valence-corrected chi connectivity index (χ0v) is 23.5. The molecule has 1 saturated heterocycles. The molecule has 39 heavy (non-hydrogen) atoms. The Morgan fingerprint density at radius 2 is 2.05 bits per heavy atom. The van der Waals surface area contributed by atoms with Crippen molar-refractivity contribution < 1.29 is 29.3 Å². The Labute approximate surface area is 231 Å². The van der Waals surface area contributed by atoms with Crippen LogP contribution in [0.15, 0.2) is 60.3 Å². The first kappa shape index (κ1) is 30.5. The first-order valence-electron chi connectivity index (χ1n) is 13.8. The highest BCUT2D eigenvalue weighted by molar-refractivity contribution is 5.70. The summed E-state index contributed by atoms with van der Waals surface area (Å²) in [6, 6.07) is 5.80. The van der Waals surface area contributed by atoms with E-state index in [1.54, 1.807) is 24.1 Å². The molecule has 214 valence electrons. The van der Waals surface area contributed by atoms with Crippen molar-refractivity contribution in [2.75, 3.05) is 26.2 Å². The minimum Gasteiger partial charge on any atom is -0.457 e. The fraction of sp³-hybridized carbons (Fsp3) is 0.567. The molecular formula is C30H43N3O6. The van der Waals surface area contributed by atoms with Crippen molar-refractivity contribution in [1.82, 2.24) is 15.2 Å². The minimum absolute atomic E-state index is 0.106. The topological polar surface area (TPSA) is 121 Å². The summed E-state index contributed by atoms with van der Waals surface area (Å²) >= 11 is 0. The number of carbonyl (C=O) groups is 2. The van der Waals surface area contributed by atoms with Crippen molar-refractivity contribution in [2.45, 2.75) is 76.8 Å². The Morgan fingerprint density at radius 1 is 1.31 bits per heavy atom. The van der Waals surface area contributed by atoms with Gasteiger partial charge in [-0.05, 0) is 50.5 Å². The lowest BCUT2D eigenvalue weighted by Gasteiger charge is -2.35. The second-order valence-corrected chi connectivity index (χ2v) is 10.8. The molecule has 9 heteroatoms. The van der Waals surface area contributed by atoms with E-state index in [-0.39, 0.29) is 31.1 Å². The number of hydrogen-bond donors (Lipinski definition) is 3. The van der Waals surface area contributed by atoms with Gasteiger partial charge in [-0.1, -0.05) is 44.2 Å². The molecule has 0 bridgehead atoms. The molecule has 1 aromatic heterocycles. The van der Waals surface area contributed by atoms with E-state index in [1.165, 1.54) is 0 Å². The molecule has 0 radical (unpaired) electrons. The van der Waals surface area contributed by atoms with Crippen molar-refractivity contribution in [1.29, 1.82) is 0 Å². The summed E-state index contributed by atoms with van der Waals surface area (Å²) in [6.45, 7) is 9.85. The number of nitrogens with one attached hydrogen (secondary N) is 1. The molecule has 6 atom stereocenters. The summed E-state index contributed by atoms with van der Waals surface area (Å²) in [5.41, 5.74) is 0.336. The second kappa shape index (κ2) is 14.4. The number of nitrogens with zero attached hydrogens (tertiary/aromatic N) is 2. The summed E-state index contributed by atoms with van der Waals surface area (Å²) in [4.78, 5) is 31.5. The number of aromatic nitrogens is 1. The Hall–Kier alpha value is -3.01. The third-order valence-electron chi connectivity index (χ3n) is 7.29. The number of carbonyl (C=O) groups excluding carboxylic acids is 2. The van der Waals surface area contributed by atoms with Crippen LogP contribution in [0.25, 0.3) is 0 Å². The first-order chi connectivity index (χ1) is 18.6. The third-order valence-corrected chi connectivity index (χ3v) is 7.29. The van der Waals surface area contributed by atoms with Gasteiger partial charge in [-0.25, -0.2) is 4.79 Å². The number of piperazine rings is 1. The van der Waals surface area contributed by atoms with Crippen molar-refractivity contribution in [3.8, 4) is 0 Å². The molecule has 1 aromatic rings. The maximum absolute atomic E-state index is 12.9. The standard InChI is InChI=1S/C30H43N3O6/c1-21(25-10-5-6-15-32-25)8-7-9-22(2)28-23(3)11-12-26(38-29(36)33-18-16-31-17-19-33)30(4,37)14-13-24(34)20-27(35)39-28/h5-12,15,21,23-24,26,28,31,34,37H,13-14,16-20H2,1-4H3/b8-7+,12-11-,22-9+/t21-,23-,24-,26-,28+,30-/m0/s1. The number of rotatable bonds is 5. The van der Waals surface area contributed by atoms with E-state index in [9.17, 15) is 19.8 Å². The summed E-state index contributed by atoms with van der Waals surface area (Å²) in [7, 11) is 0. The molecule has 9 nitrogen and oxygen atoms in total. The largest absolute Gasteiger partial charge is 0.457 e. The van der Waals surface area contributed by atoms with Crippen molar-refractivity contribution >= 4 is 12.1 Å². The van der Waals surface area contributed by atoms with Crippen LogP contribution in [0.2, 0.25) is 0 Å². The average Bonchev–Trinajstić information content (AvgIpc) is 2.92. The monoisotopic (exact) mass is 541 g/mol. The summed E-state index contributed by atoms with van der Waals surface area (Å²) in [6.07, 6.45) is 8.19. The van der Waals surface area contributed by atoms with Crippen LogP contribution in [-0.4, -0.2) is 82.3 Å². The number of aliphatic hydroxyl groups excluding tert-OH is 1. The predicted molar refractivity (Wildman–Crippen MR) is 149 cm³/mol. The molecule has 3 heterocycles. The lowest BCUT2D eigenvalue weighted by atomic mass is 9.88. The van der Waals surface area contributed by atoms with E-state index in [2.05, 4.69) is 17.2 Å². The third kappa shape index (κ3) is 9.30. The maximum Gasteiger partial charge on any atom is 0.410 e. The average molecular weight is 542 g/mol. The van der Waals surface area contributed by atoms with Gasteiger partial charge < -0.3 is 29.9 Å². The number of allylic oxidation sites excluding steroid dienone is 3. The molecule has 0 unspecified atom stereocenters. The van der Waals surface area contributed by atoms with Crippen molar-refractivity contribution in [3.63, 3.8) is 0 Å². The minimum atomic E-state index is -1.44. The molecule has 2 aliphatic heterocycles. The SMILES string of the molecule is C/C(=C\C=C\[C@H](C)c1ccccn1)[C@H]1OC(=O)C[C@@H](O)CC[C@](C)(O)[C@@H](OC(=O)N2CCNCC2)/C=C\[C@@H]1C. The van der Waals surface area contributed by atoms with Gasteiger partial charge in [0.1, 0.15) is 11.7 Å². The Bertz CT molecular complexity index is 1030. The van der Waals surface area contributed by atoms with E-state index in [0.29, 0.717) is 26.2 Å². The molecular weight excluding hydrogens is 498 g/mol. The smallest absolute Gasteiger partial charge is 0.410 e. The highest BCUT2D eigenvalue weighted by Gasteiger charge is 2.36. The number of aliphatic hydroxyl groups is 2. The molecule has 1 fully saturated rings. The van der Waals surface area contributed by atoms with Gasteiger partial charge in [0.25, 0.3) is 0 Å². The molecule has 3 rings (SSSR count). The molecule has 0 spiro atoms. The Morgan fingerprint density at radius 3 is 2.74 bits per heavy atom. The van der Waals surface area contributed by atoms with E-state index >= 15 is 0 Å². The maximum atomic E-state index is 12.9. The normalized spacial score (nSPS) is 31.1. The van der Waals surface area contributed by atoms with Gasteiger partial charge in [0.2, 0.25) is 0 Å². The zero-order chi connectivity index (χ0) is 28.4. The molecule has 0 aliphatic carbocycles. The van der Waals surface area contributed by atoms with Crippen LogP contribution in [0.3, 0.4) is 0 Å². The summed E-state index contributed by atoms with van der Waals surface area (Å²) < 4.78 is 11.6. The molecule has 0 saturated carbocycles. The van der Waals surface area contributed by atoms with Crippen molar-refractivity contribution in [2.24, 2.45) is 5.92 Å². The van der Waals surface area contributed by atoms with Crippen LogP contribution in [0.4, 0.5) is 4.79 Å². The highest BCUT2D eigenvalue weighted by atomic mass is 16.6. The molecule has 1 amide bonds. The van der Waals surface area contributed by atoms with Crippen LogP contribution in [0, 0.1) is 5.92 Å². The number of ether oxygens (including phenoxy) is 2. The van der Waals surface area contributed by atoms with Gasteiger partial charge in [0, 0.05) is 49.9 Å². The first-order valence-corrected chi connectivity index (χ1v) is 13.8. The number of cyclic esters (lactones) is 1. The van der Waals surface area contributed by atoms with Crippen molar-refractivity contribution in [3.05, 3.63) is 66.0 Å². The molecule has 2 aliphatic rings. The molecule has 3 N–H and O–H groups in total. The predicted octanol–water partition coefficient (Wildman–Crippen LogP) is 3.50. The zero-order valence-electron chi connectivity index (χ0n) is 23.5. The number of esters is 1. The highest BCUT2D eigenvalue weighted by Crippen LogP contribution is 2.27. The van der Waals surface area contributed by atoms with Crippen LogP contribution in [0.5, 0.6) is 0 Å². The second-order valence-electron chi connectivity index (χ2n) is 10.8. The van der Waals surface area contributed by atoms with Gasteiger partial charge in [0.15, 0.2) is 6.10 Å². The van der Waals surface area contributed by atoms with Gasteiger partial charge in [-0.3, -0.25) is 9.78 Å². The Balaban J connectivity index is 1.81.